The highest BCUT2D eigenvalue weighted by atomic mass is 79.9. The van der Waals surface area contributed by atoms with E-state index in [0.29, 0.717) is 10.0 Å². The second kappa shape index (κ2) is 7.14. The molecule has 1 atom stereocenters. The molecule has 106 valence electrons. The number of halogens is 4. The van der Waals surface area contributed by atoms with Gasteiger partial charge in [-0.05, 0) is 57.9 Å². The molecule has 0 radical (unpaired) electrons. The van der Waals surface area contributed by atoms with Crippen molar-refractivity contribution >= 4 is 60.7 Å². The summed E-state index contributed by atoms with van der Waals surface area (Å²) in [7, 11) is 0. The monoisotopic (exact) mass is 437 g/mol. The molecule has 2 rings (SSSR count). The van der Waals surface area contributed by atoms with E-state index in [4.69, 9.17) is 23.2 Å². The van der Waals surface area contributed by atoms with Gasteiger partial charge in [-0.3, -0.25) is 0 Å². The zero-order chi connectivity index (χ0) is 14.7. The summed E-state index contributed by atoms with van der Waals surface area (Å²) >= 11 is 18.9. The zero-order valence-corrected chi connectivity index (χ0v) is 14.9. The van der Waals surface area contributed by atoms with Crippen LogP contribution in [0, 0.1) is 0 Å². The second-order valence-corrected chi connectivity index (χ2v) is 6.76. The fraction of sp³-hybridized carbons (Fsp3) is 0.143. The average molecular weight is 440 g/mol. The van der Waals surface area contributed by atoms with E-state index in [0.717, 1.165) is 20.2 Å². The largest absolute Gasteiger partial charge is 0.394 e. The van der Waals surface area contributed by atoms with Gasteiger partial charge in [0.2, 0.25) is 0 Å². The number of rotatable bonds is 4. The van der Waals surface area contributed by atoms with Crippen LogP contribution in [0.4, 0.5) is 5.69 Å². The van der Waals surface area contributed by atoms with E-state index in [2.05, 4.69) is 37.2 Å². The number of benzene rings is 2. The third-order valence-corrected chi connectivity index (χ3v) is 4.83. The molecule has 2 nitrogen and oxygen atoms in total. The Hall–Kier alpha value is -0.260. The highest BCUT2D eigenvalue weighted by molar-refractivity contribution is 9.10. The first-order valence-electron chi connectivity index (χ1n) is 5.78. The van der Waals surface area contributed by atoms with Crippen LogP contribution in [-0.4, -0.2) is 11.7 Å². The number of anilines is 1. The van der Waals surface area contributed by atoms with Crippen molar-refractivity contribution in [2.24, 2.45) is 0 Å². The molecule has 0 heterocycles. The Balaban J connectivity index is 2.28. The molecule has 0 aliphatic heterocycles. The summed E-state index contributed by atoms with van der Waals surface area (Å²) in [5.74, 6) is 0. The van der Waals surface area contributed by atoms with Gasteiger partial charge < -0.3 is 10.4 Å². The smallest absolute Gasteiger partial charge is 0.0759 e. The summed E-state index contributed by atoms with van der Waals surface area (Å²) in [6, 6.07) is 10.7. The molecule has 20 heavy (non-hydrogen) atoms. The van der Waals surface area contributed by atoms with E-state index >= 15 is 0 Å². The van der Waals surface area contributed by atoms with Gasteiger partial charge in [-0.2, -0.15) is 0 Å². The Morgan fingerprint density at radius 2 is 1.75 bits per heavy atom. The maximum absolute atomic E-state index is 9.61. The lowest BCUT2D eigenvalue weighted by Gasteiger charge is -2.20. The standard InChI is InChI=1S/C14H11Br2Cl2NO/c15-8-1-3-12(17)10(5-8)14(7-20)19-9-2-4-13(18)11(16)6-9/h1-6,14,19-20H,7H2. The van der Waals surface area contributed by atoms with Crippen LogP contribution in [0.2, 0.25) is 10.0 Å². The van der Waals surface area contributed by atoms with Crippen LogP contribution in [0.15, 0.2) is 45.3 Å². The zero-order valence-electron chi connectivity index (χ0n) is 10.2. The van der Waals surface area contributed by atoms with Crippen LogP contribution in [0.1, 0.15) is 11.6 Å². The van der Waals surface area contributed by atoms with Crippen molar-refractivity contribution in [3.05, 3.63) is 61.0 Å². The Bertz CT molecular complexity index is 622. The third-order valence-electron chi connectivity index (χ3n) is 2.78. The average Bonchev–Trinajstić information content (AvgIpc) is 2.43. The SMILES string of the molecule is OCC(Nc1ccc(Cl)c(Br)c1)c1cc(Br)ccc1Cl. The van der Waals surface area contributed by atoms with E-state index in [1.807, 2.05) is 24.3 Å². The molecule has 1 unspecified atom stereocenters. The first-order valence-corrected chi connectivity index (χ1v) is 8.13. The Morgan fingerprint density at radius 3 is 2.40 bits per heavy atom. The Kier molecular flexibility index (Phi) is 5.75. The molecule has 6 heteroatoms. The minimum atomic E-state index is -0.298. The summed E-state index contributed by atoms with van der Waals surface area (Å²) in [5.41, 5.74) is 1.67. The normalized spacial score (nSPS) is 12.2. The van der Waals surface area contributed by atoms with Gasteiger partial charge in [0.1, 0.15) is 0 Å². The van der Waals surface area contributed by atoms with Crippen LogP contribution in [0.25, 0.3) is 0 Å². The summed E-state index contributed by atoms with van der Waals surface area (Å²) in [6.07, 6.45) is 0. The molecule has 0 fully saturated rings. The summed E-state index contributed by atoms with van der Waals surface area (Å²) in [6.45, 7) is -0.0730. The highest BCUT2D eigenvalue weighted by Gasteiger charge is 2.14. The van der Waals surface area contributed by atoms with Crippen LogP contribution in [0.5, 0.6) is 0 Å². The van der Waals surface area contributed by atoms with Gasteiger partial charge in [0.25, 0.3) is 0 Å². The number of hydrogen-bond acceptors (Lipinski definition) is 2. The van der Waals surface area contributed by atoms with Gasteiger partial charge in [-0.25, -0.2) is 0 Å². The molecule has 0 aromatic heterocycles. The molecule has 2 aromatic carbocycles. The predicted molar refractivity (Wildman–Crippen MR) is 91.8 cm³/mol. The first-order chi connectivity index (χ1) is 9.51. The molecule has 0 spiro atoms. The van der Waals surface area contributed by atoms with Crippen molar-refractivity contribution in [1.82, 2.24) is 0 Å². The van der Waals surface area contributed by atoms with Crippen molar-refractivity contribution in [2.75, 3.05) is 11.9 Å². The van der Waals surface area contributed by atoms with Crippen molar-refractivity contribution in [3.63, 3.8) is 0 Å². The van der Waals surface area contributed by atoms with Gasteiger partial charge in [0, 0.05) is 19.7 Å². The molecule has 0 saturated heterocycles. The fourth-order valence-electron chi connectivity index (χ4n) is 1.79. The molecule has 2 N–H and O–H groups in total. The third kappa shape index (κ3) is 3.89. The molecule has 0 aliphatic rings. The van der Waals surface area contributed by atoms with E-state index in [1.54, 1.807) is 12.1 Å². The summed E-state index contributed by atoms with van der Waals surface area (Å²) in [5, 5.41) is 14.1. The van der Waals surface area contributed by atoms with Gasteiger partial charge in [0.15, 0.2) is 0 Å². The van der Waals surface area contributed by atoms with Crippen molar-refractivity contribution in [1.29, 1.82) is 0 Å². The van der Waals surface area contributed by atoms with Crippen molar-refractivity contribution in [3.8, 4) is 0 Å². The van der Waals surface area contributed by atoms with Gasteiger partial charge in [-0.15, -0.1) is 0 Å². The second-order valence-electron chi connectivity index (χ2n) is 4.17. The van der Waals surface area contributed by atoms with Crippen LogP contribution in [-0.2, 0) is 0 Å². The van der Waals surface area contributed by atoms with Gasteiger partial charge >= 0.3 is 0 Å². The first kappa shape index (κ1) is 16.1. The minimum absolute atomic E-state index is 0.0730. The van der Waals surface area contributed by atoms with E-state index < -0.39 is 0 Å². The number of hydrogen-bond donors (Lipinski definition) is 2. The van der Waals surface area contributed by atoms with E-state index in [9.17, 15) is 5.11 Å². The van der Waals surface area contributed by atoms with E-state index in [1.165, 1.54) is 0 Å². The summed E-state index contributed by atoms with van der Waals surface area (Å²) < 4.78 is 1.70. The van der Waals surface area contributed by atoms with Gasteiger partial charge in [-0.1, -0.05) is 39.1 Å². The number of nitrogens with one attached hydrogen (secondary N) is 1. The Morgan fingerprint density at radius 1 is 1.05 bits per heavy atom. The molecular weight excluding hydrogens is 429 g/mol. The lowest BCUT2D eigenvalue weighted by Crippen LogP contribution is -2.15. The molecule has 0 amide bonds. The van der Waals surface area contributed by atoms with Crippen LogP contribution < -0.4 is 5.32 Å². The maximum atomic E-state index is 9.61. The topological polar surface area (TPSA) is 32.3 Å². The van der Waals surface area contributed by atoms with Crippen molar-refractivity contribution in [2.45, 2.75) is 6.04 Å². The lowest BCUT2D eigenvalue weighted by atomic mass is 10.1. The molecule has 0 bridgehead atoms. The lowest BCUT2D eigenvalue weighted by molar-refractivity contribution is 0.276. The predicted octanol–water partition coefficient (Wildman–Crippen LogP) is 5.66. The van der Waals surface area contributed by atoms with Crippen LogP contribution in [0.3, 0.4) is 0 Å². The molecule has 0 saturated carbocycles. The van der Waals surface area contributed by atoms with E-state index in [-0.39, 0.29) is 12.6 Å². The van der Waals surface area contributed by atoms with Crippen molar-refractivity contribution < 1.29 is 5.11 Å². The summed E-state index contributed by atoms with van der Waals surface area (Å²) in [4.78, 5) is 0. The maximum Gasteiger partial charge on any atom is 0.0759 e. The number of aliphatic hydroxyl groups is 1. The van der Waals surface area contributed by atoms with Gasteiger partial charge in [0.05, 0.1) is 17.7 Å². The van der Waals surface area contributed by atoms with Crippen LogP contribution >= 0.6 is 55.1 Å². The number of aliphatic hydroxyl groups excluding tert-OH is 1. The molecule has 2 aromatic rings. The minimum Gasteiger partial charge on any atom is -0.394 e. The molecular formula is C14H11Br2Cl2NO. The fourth-order valence-corrected chi connectivity index (χ4v) is 2.91. The molecule has 0 aliphatic carbocycles. The highest BCUT2D eigenvalue weighted by Crippen LogP contribution is 2.31. The quantitative estimate of drug-likeness (QED) is 0.643. The Labute approximate surface area is 144 Å².